The van der Waals surface area contributed by atoms with Gasteiger partial charge in [0.15, 0.2) is 11.2 Å². The summed E-state index contributed by atoms with van der Waals surface area (Å²) in [5.74, 6) is 1.04. The molecule has 0 radical (unpaired) electrons. The molecule has 7 nitrogen and oxygen atoms in total. The fourth-order valence-corrected chi connectivity index (χ4v) is 3.41. The summed E-state index contributed by atoms with van der Waals surface area (Å²) in [5, 5.41) is 3.25. The topological polar surface area (TPSA) is 78.9 Å². The van der Waals surface area contributed by atoms with Gasteiger partial charge in [0.1, 0.15) is 21.7 Å². The van der Waals surface area contributed by atoms with E-state index in [0.29, 0.717) is 35.4 Å². The number of nitrogens with one attached hydrogen (secondary N) is 1. The van der Waals surface area contributed by atoms with E-state index in [1.54, 1.807) is 20.3 Å². The van der Waals surface area contributed by atoms with Crippen molar-refractivity contribution in [1.82, 2.24) is 4.98 Å². The fourth-order valence-electron chi connectivity index (χ4n) is 2.44. The molecule has 2 atom stereocenters. The Hall–Kier alpha value is -1.90. The Balaban J connectivity index is 1.87. The molecule has 1 aromatic heterocycles. The van der Waals surface area contributed by atoms with E-state index in [-0.39, 0.29) is 12.0 Å². The molecule has 1 aliphatic rings. The highest BCUT2D eigenvalue weighted by atomic mass is 32.1. The molecule has 2 heterocycles. The summed E-state index contributed by atoms with van der Waals surface area (Å²) in [6, 6.07) is 3.59. The first kappa shape index (κ1) is 16.0. The van der Waals surface area contributed by atoms with Crippen molar-refractivity contribution in [2.75, 3.05) is 32.8 Å². The third-order valence-electron chi connectivity index (χ3n) is 3.59. The van der Waals surface area contributed by atoms with Crippen LogP contribution in [0, 0.1) is 0 Å². The molecule has 1 aromatic carbocycles. The molecule has 2 aromatic rings. The van der Waals surface area contributed by atoms with Crippen molar-refractivity contribution in [3.63, 3.8) is 0 Å². The van der Waals surface area contributed by atoms with E-state index >= 15 is 0 Å². The normalized spacial score (nSPS) is 21.2. The Morgan fingerprint density at radius 3 is 2.65 bits per heavy atom. The van der Waals surface area contributed by atoms with Crippen molar-refractivity contribution in [2.24, 2.45) is 0 Å². The van der Waals surface area contributed by atoms with Crippen LogP contribution >= 0.6 is 11.3 Å². The van der Waals surface area contributed by atoms with Gasteiger partial charge in [-0.2, -0.15) is 0 Å². The Kier molecular flexibility index (Phi) is 4.65. The molecule has 1 saturated heterocycles. The third kappa shape index (κ3) is 3.10. The number of aromatic nitrogens is 1. The van der Waals surface area contributed by atoms with Crippen LogP contribution in [0.25, 0.3) is 10.2 Å². The highest BCUT2D eigenvalue weighted by Crippen LogP contribution is 2.38. The van der Waals surface area contributed by atoms with Crippen LogP contribution in [0.2, 0.25) is 0 Å². The van der Waals surface area contributed by atoms with Crippen molar-refractivity contribution in [3.05, 3.63) is 12.1 Å². The second-order valence-corrected chi connectivity index (χ2v) is 6.02. The van der Waals surface area contributed by atoms with Crippen LogP contribution < -0.4 is 14.8 Å². The van der Waals surface area contributed by atoms with E-state index in [9.17, 15) is 4.79 Å². The van der Waals surface area contributed by atoms with E-state index in [1.165, 1.54) is 11.3 Å². The third-order valence-corrected chi connectivity index (χ3v) is 4.57. The van der Waals surface area contributed by atoms with Crippen molar-refractivity contribution < 1.29 is 23.7 Å². The predicted octanol–water partition coefficient (Wildman–Crippen LogP) is 2.06. The summed E-state index contributed by atoms with van der Waals surface area (Å²) in [4.78, 5) is 16.8. The van der Waals surface area contributed by atoms with Crippen LogP contribution in [0.3, 0.4) is 0 Å². The van der Waals surface area contributed by atoms with Gasteiger partial charge in [0.25, 0.3) is 5.91 Å². The molecule has 0 bridgehead atoms. The van der Waals surface area contributed by atoms with E-state index in [1.807, 2.05) is 13.0 Å². The van der Waals surface area contributed by atoms with Gasteiger partial charge >= 0.3 is 0 Å². The SMILES string of the molecule is COc1ccc(OC)c2sc(NC(=O)[C@@H]3OCCO[C@@H]3C)nc12. The summed E-state index contributed by atoms with van der Waals surface area (Å²) in [7, 11) is 3.17. The van der Waals surface area contributed by atoms with E-state index in [0.717, 1.165) is 4.70 Å². The Bertz CT molecular complexity index is 676. The number of hydrogen-bond donors (Lipinski definition) is 1. The predicted molar refractivity (Wildman–Crippen MR) is 86.5 cm³/mol. The Labute approximate surface area is 137 Å². The largest absolute Gasteiger partial charge is 0.495 e. The minimum Gasteiger partial charge on any atom is -0.495 e. The molecule has 0 spiro atoms. The summed E-state index contributed by atoms with van der Waals surface area (Å²) in [6.45, 7) is 2.72. The van der Waals surface area contributed by atoms with Crippen molar-refractivity contribution >= 4 is 32.6 Å². The standard InChI is InChI=1S/C15H18N2O5S/c1-8-12(22-7-6-21-8)14(18)17-15-16-11-9(19-2)4-5-10(20-3)13(11)23-15/h4-5,8,12H,6-7H2,1-3H3,(H,16,17,18)/t8-,12-/m1/s1. The second kappa shape index (κ2) is 6.69. The molecule has 1 fully saturated rings. The number of methoxy groups -OCH3 is 2. The van der Waals surface area contributed by atoms with Gasteiger partial charge in [-0.1, -0.05) is 11.3 Å². The van der Waals surface area contributed by atoms with Crippen LogP contribution in [0.4, 0.5) is 5.13 Å². The van der Waals surface area contributed by atoms with Gasteiger partial charge in [-0.15, -0.1) is 0 Å². The number of amides is 1. The zero-order valence-corrected chi connectivity index (χ0v) is 13.9. The number of rotatable bonds is 4. The number of hydrogen-bond acceptors (Lipinski definition) is 7. The van der Waals surface area contributed by atoms with E-state index in [4.69, 9.17) is 18.9 Å². The van der Waals surface area contributed by atoms with Crippen molar-refractivity contribution in [1.29, 1.82) is 0 Å². The van der Waals surface area contributed by atoms with Gasteiger partial charge in [-0.3, -0.25) is 10.1 Å². The zero-order valence-electron chi connectivity index (χ0n) is 13.1. The lowest BCUT2D eigenvalue weighted by Crippen LogP contribution is -2.44. The Morgan fingerprint density at radius 1 is 1.26 bits per heavy atom. The maximum atomic E-state index is 12.4. The highest BCUT2D eigenvalue weighted by molar-refractivity contribution is 7.22. The van der Waals surface area contributed by atoms with Crippen molar-refractivity contribution in [2.45, 2.75) is 19.1 Å². The van der Waals surface area contributed by atoms with Crippen LogP contribution in [0.15, 0.2) is 12.1 Å². The number of anilines is 1. The highest BCUT2D eigenvalue weighted by Gasteiger charge is 2.30. The molecular weight excluding hydrogens is 320 g/mol. The van der Waals surface area contributed by atoms with E-state index < -0.39 is 6.10 Å². The first-order chi connectivity index (χ1) is 11.1. The number of thiazole rings is 1. The number of ether oxygens (including phenoxy) is 4. The molecule has 0 saturated carbocycles. The minimum absolute atomic E-state index is 0.269. The molecule has 1 amide bonds. The number of carbonyl (C=O) groups excluding carboxylic acids is 1. The average molecular weight is 338 g/mol. The average Bonchev–Trinajstić information content (AvgIpc) is 2.97. The Morgan fingerprint density at radius 2 is 1.96 bits per heavy atom. The number of carbonyl (C=O) groups is 1. The molecule has 0 aliphatic carbocycles. The van der Waals surface area contributed by atoms with Crippen LogP contribution in [-0.4, -0.2) is 50.5 Å². The lowest BCUT2D eigenvalue weighted by molar-refractivity contribution is -0.157. The molecule has 23 heavy (non-hydrogen) atoms. The molecule has 0 unspecified atom stereocenters. The summed E-state index contributed by atoms with van der Waals surface area (Å²) >= 11 is 1.33. The molecule has 1 N–H and O–H groups in total. The molecule has 3 rings (SSSR count). The second-order valence-electron chi connectivity index (χ2n) is 5.02. The van der Waals surface area contributed by atoms with E-state index in [2.05, 4.69) is 10.3 Å². The lowest BCUT2D eigenvalue weighted by atomic mass is 10.2. The van der Waals surface area contributed by atoms with Gasteiger partial charge in [0.05, 0.1) is 33.5 Å². The molecule has 124 valence electrons. The molecular formula is C15H18N2O5S. The number of benzene rings is 1. The van der Waals surface area contributed by atoms with Gasteiger partial charge < -0.3 is 18.9 Å². The monoisotopic (exact) mass is 338 g/mol. The van der Waals surface area contributed by atoms with Crippen LogP contribution in [0.5, 0.6) is 11.5 Å². The lowest BCUT2D eigenvalue weighted by Gasteiger charge is -2.27. The zero-order chi connectivity index (χ0) is 16.4. The first-order valence-corrected chi connectivity index (χ1v) is 8.01. The van der Waals surface area contributed by atoms with Crippen molar-refractivity contribution in [3.8, 4) is 11.5 Å². The van der Waals surface area contributed by atoms with Crippen LogP contribution in [-0.2, 0) is 14.3 Å². The number of nitrogens with zero attached hydrogens (tertiary/aromatic N) is 1. The van der Waals surface area contributed by atoms with Crippen LogP contribution in [0.1, 0.15) is 6.92 Å². The quantitative estimate of drug-likeness (QED) is 0.919. The maximum Gasteiger partial charge on any atom is 0.257 e. The molecule has 1 aliphatic heterocycles. The van der Waals surface area contributed by atoms with Gasteiger partial charge in [0.2, 0.25) is 0 Å². The van der Waals surface area contributed by atoms with Gasteiger partial charge in [0, 0.05) is 0 Å². The smallest absolute Gasteiger partial charge is 0.257 e. The minimum atomic E-state index is -0.639. The summed E-state index contributed by atoms with van der Waals surface area (Å²) in [6.07, 6.45) is -0.929. The van der Waals surface area contributed by atoms with Gasteiger partial charge in [-0.05, 0) is 19.1 Å². The van der Waals surface area contributed by atoms with Gasteiger partial charge in [-0.25, -0.2) is 4.98 Å². The summed E-state index contributed by atoms with van der Waals surface area (Å²) < 4.78 is 22.4. The number of fused-ring (bicyclic) bond motifs is 1. The maximum absolute atomic E-state index is 12.4. The molecule has 8 heteroatoms. The first-order valence-electron chi connectivity index (χ1n) is 7.19. The fraction of sp³-hybridized carbons (Fsp3) is 0.467. The summed E-state index contributed by atoms with van der Waals surface area (Å²) in [5.41, 5.74) is 0.654.